The van der Waals surface area contributed by atoms with Crippen molar-refractivity contribution in [3.05, 3.63) is 24.5 Å². The Hall–Kier alpha value is -3.31. The number of fused-ring (bicyclic) bond motifs is 1. The molecule has 5 rings (SSSR count). The fraction of sp³-hybridized carbons (Fsp3) is 0.522. The Morgan fingerprint density at radius 1 is 1.21 bits per heavy atom. The van der Waals surface area contributed by atoms with E-state index in [0.717, 1.165) is 10.9 Å². The smallest absolute Gasteiger partial charge is 0.245 e. The summed E-state index contributed by atoms with van der Waals surface area (Å²) in [5.74, 6) is 2.37. The van der Waals surface area contributed by atoms with E-state index in [0.29, 0.717) is 62.3 Å². The summed E-state index contributed by atoms with van der Waals surface area (Å²) in [6, 6.07) is 3.34. The maximum Gasteiger partial charge on any atom is 0.245 e. The quantitative estimate of drug-likeness (QED) is 0.516. The van der Waals surface area contributed by atoms with Gasteiger partial charge in [-0.25, -0.2) is 9.97 Å². The molecule has 1 amide bonds. The topological polar surface area (TPSA) is 138 Å². The van der Waals surface area contributed by atoms with Crippen molar-refractivity contribution in [3.63, 3.8) is 0 Å². The van der Waals surface area contributed by atoms with Crippen molar-refractivity contribution in [3.8, 4) is 0 Å². The van der Waals surface area contributed by atoms with E-state index in [1.807, 2.05) is 31.5 Å². The molecule has 2 fully saturated rings. The number of carbonyl (C=O) groups excluding carboxylic acids is 1. The zero-order valence-corrected chi connectivity index (χ0v) is 19.8. The van der Waals surface area contributed by atoms with Crippen molar-refractivity contribution in [2.24, 2.45) is 5.73 Å². The van der Waals surface area contributed by atoms with Crippen LogP contribution in [-0.4, -0.2) is 67.0 Å². The average Bonchev–Trinajstić information content (AvgIpc) is 3.33. The molecule has 0 bridgehead atoms. The number of nitrogens with two attached hydrogens (primary N) is 1. The minimum absolute atomic E-state index is 0.0971. The lowest BCUT2D eigenvalue weighted by Crippen LogP contribution is -2.43. The lowest BCUT2D eigenvalue weighted by molar-refractivity contribution is -0.118. The van der Waals surface area contributed by atoms with Crippen molar-refractivity contribution < 1.29 is 9.90 Å². The number of piperidine rings is 1. The molecule has 2 aliphatic heterocycles. The molecule has 2 saturated heterocycles. The summed E-state index contributed by atoms with van der Waals surface area (Å²) in [5.41, 5.74) is 6.17. The fourth-order valence-corrected chi connectivity index (χ4v) is 4.48. The van der Waals surface area contributed by atoms with Crippen LogP contribution in [0.5, 0.6) is 0 Å². The number of aromatic nitrogens is 5. The van der Waals surface area contributed by atoms with Crippen molar-refractivity contribution in [1.29, 1.82) is 0 Å². The first-order valence-corrected chi connectivity index (χ1v) is 11.7. The number of aliphatic hydroxyl groups is 1. The molecule has 34 heavy (non-hydrogen) atoms. The number of anilines is 4. The monoisotopic (exact) mass is 465 g/mol. The maximum absolute atomic E-state index is 12.5. The number of rotatable bonds is 5. The zero-order chi connectivity index (χ0) is 24.0. The minimum atomic E-state index is -0.630. The predicted molar refractivity (Wildman–Crippen MR) is 130 cm³/mol. The molecule has 0 spiro atoms. The van der Waals surface area contributed by atoms with Crippen LogP contribution in [0, 0.1) is 0 Å². The highest BCUT2D eigenvalue weighted by atomic mass is 16.3. The Bertz CT molecular complexity index is 1210. The van der Waals surface area contributed by atoms with Crippen molar-refractivity contribution in [2.45, 2.75) is 57.7 Å². The van der Waals surface area contributed by atoms with E-state index >= 15 is 0 Å². The van der Waals surface area contributed by atoms with Crippen molar-refractivity contribution in [2.75, 3.05) is 34.8 Å². The second-order valence-electron chi connectivity index (χ2n) is 9.68. The molecule has 0 aliphatic carbocycles. The molecule has 5 heterocycles. The number of amides is 1. The number of nitrogens with zero attached hydrogens (tertiary/aromatic N) is 7. The van der Waals surface area contributed by atoms with Crippen LogP contribution >= 0.6 is 0 Å². The van der Waals surface area contributed by atoms with Gasteiger partial charge in [0, 0.05) is 44.1 Å². The maximum atomic E-state index is 12.5. The summed E-state index contributed by atoms with van der Waals surface area (Å²) in [5, 5.41) is 19.0. The van der Waals surface area contributed by atoms with Crippen LogP contribution in [0.1, 0.15) is 46.1 Å². The van der Waals surface area contributed by atoms with Gasteiger partial charge in [-0.15, -0.1) is 0 Å². The van der Waals surface area contributed by atoms with E-state index in [4.69, 9.17) is 10.8 Å². The van der Waals surface area contributed by atoms with E-state index in [9.17, 15) is 9.90 Å². The third-order valence-electron chi connectivity index (χ3n) is 6.59. The summed E-state index contributed by atoms with van der Waals surface area (Å²) in [6.07, 6.45) is 5.43. The average molecular weight is 466 g/mol. The molecule has 4 N–H and O–H groups in total. The largest absolute Gasteiger partial charge is 0.390 e. The van der Waals surface area contributed by atoms with Gasteiger partial charge in [0.15, 0.2) is 5.82 Å². The van der Waals surface area contributed by atoms with E-state index in [1.165, 1.54) is 0 Å². The first-order chi connectivity index (χ1) is 16.2. The molecule has 180 valence electrons. The molecule has 0 aromatic carbocycles. The zero-order valence-electron chi connectivity index (χ0n) is 19.8. The van der Waals surface area contributed by atoms with Gasteiger partial charge < -0.3 is 21.1 Å². The number of pyridine rings is 1. The number of nitrogens with one attached hydrogen (secondary N) is 1. The Morgan fingerprint density at radius 3 is 2.65 bits per heavy atom. The first-order valence-electron chi connectivity index (χ1n) is 11.7. The van der Waals surface area contributed by atoms with Crippen LogP contribution in [0.2, 0.25) is 0 Å². The standard InChI is InChI=1S/C23H31N9O2/c1-14(2)32-17-12-19(26-13-15(17)20(29-32)31-9-5-16(24)21(31)33)27-18-4-8-25-22(28-18)30-10-6-23(3,34)7-11-30/h4,8,12-14,16,34H,5-7,9-11,24H2,1-3H3,(H,25,26,27,28)/t16-/m1/s1. The molecule has 0 saturated carbocycles. The van der Waals surface area contributed by atoms with Gasteiger partial charge in [-0.2, -0.15) is 10.1 Å². The van der Waals surface area contributed by atoms with Gasteiger partial charge in [0.1, 0.15) is 11.6 Å². The molecule has 0 unspecified atom stereocenters. The minimum Gasteiger partial charge on any atom is -0.390 e. The Morgan fingerprint density at radius 2 is 1.97 bits per heavy atom. The normalized spacial score (nSPS) is 20.5. The van der Waals surface area contributed by atoms with Gasteiger partial charge in [0.25, 0.3) is 0 Å². The molecule has 1 atom stereocenters. The predicted octanol–water partition coefficient (Wildman–Crippen LogP) is 1.96. The van der Waals surface area contributed by atoms with E-state index in [-0.39, 0.29) is 11.9 Å². The van der Waals surface area contributed by atoms with Crippen LogP contribution < -0.4 is 20.9 Å². The third-order valence-corrected chi connectivity index (χ3v) is 6.59. The van der Waals surface area contributed by atoms with Gasteiger partial charge in [-0.3, -0.25) is 14.4 Å². The van der Waals surface area contributed by atoms with Crippen LogP contribution in [0.15, 0.2) is 24.5 Å². The van der Waals surface area contributed by atoms with Crippen LogP contribution in [0.25, 0.3) is 10.9 Å². The fourth-order valence-electron chi connectivity index (χ4n) is 4.48. The lowest BCUT2D eigenvalue weighted by atomic mass is 9.94. The summed E-state index contributed by atoms with van der Waals surface area (Å²) in [4.78, 5) is 29.9. The number of hydrogen-bond acceptors (Lipinski definition) is 9. The Labute approximate surface area is 198 Å². The summed E-state index contributed by atoms with van der Waals surface area (Å²) in [7, 11) is 0. The van der Waals surface area contributed by atoms with Crippen LogP contribution in [-0.2, 0) is 4.79 Å². The molecule has 3 aromatic heterocycles. The summed E-state index contributed by atoms with van der Waals surface area (Å²) < 4.78 is 1.90. The molecule has 2 aliphatic rings. The lowest BCUT2D eigenvalue weighted by Gasteiger charge is -2.35. The Kier molecular flexibility index (Phi) is 5.61. The van der Waals surface area contributed by atoms with E-state index < -0.39 is 11.6 Å². The number of hydrogen-bond donors (Lipinski definition) is 3. The first kappa shape index (κ1) is 22.5. The van der Waals surface area contributed by atoms with Crippen LogP contribution in [0.3, 0.4) is 0 Å². The highest BCUT2D eigenvalue weighted by Gasteiger charge is 2.33. The third kappa shape index (κ3) is 4.16. The van der Waals surface area contributed by atoms with E-state index in [2.05, 4.69) is 25.2 Å². The SMILES string of the molecule is CC(C)n1nc(N2CC[C@@H](N)C2=O)c2cnc(Nc3ccnc(N4CCC(C)(O)CC4)n3)cc21. The Balaban J connectivity index is 1.42. The molecule has 3 aromatic rings. The highest BCUT2D eigenvalue weighted by molar-refractivity contribution is 6.05. The van der Waals surface area contributed by atoms with Crippen molar-refractivity contribution >= 4 is 40.2 Å². The van der Waals surface area contributed by atoms with Gasteiger partial charge in [-0.05, 0) is 46.1 Å². The number of carbonyl (C=O) groups is 1. The molecule has 11 heteroatoms. The molecular formula is C23H31N9O2. The summed E-state index contributed by atoms with van der Waals surface area (Å²) >= 11 is 0. The van der Waals surface area contributed by atoms with Gasteiger partial charge >= 0.3 is 0 Å². The summed E-state index contributed by atoms with van der Waals surface area (Å²) in [6.45, 7) is 7.93. The molecular weight excluding hydrogens is 434 g/mol. The van der Waals surface area contributed by atoms with E-state index in [1.54, 1.807) is 23.4 Å². The van der Waals surface area contributed by atoms with Crippen LogP contribution in [0.4, 0.5) is 23.4 Å². The van der Waals surface area contributed by atoms with Gasteiger partial charge in [0.05, 0.1) is 22.5 Å². The van der Waals surface area contributed by atoms with Gasteiger partial charge in [-0.1, -0.05) is 0 Å². The van der Waals surface area contributed by atoms with Gasteiger partial charge in [0.2, 0.25) is 11.9 Å². The molecule has 11 nitrogen and oxygen atoms in total. The van der Waals surface area contributed by atoms with Crippen molar-refractivity contribution in [1.82, 2.24) is 24.7 Å². The second kappa shape index (κ2) is 8.48. The highest BCUT2D eigenvalue weighted by Crippen LogP contribution is 2.32. The second-order valence-corrected chi connectivity index (χ2v) is 9.68. The molecule has 0 radical (unpaired) electrons.